The Labute approximate surface area is 57.4 Å². The van der Waals surface area contributed by atoms with Crippen molar-refractivity contribution in [1.82, 2.24) is 0 Å². The molecule has 0 radical (unpaired) electrons. The van der Waals surface area contributed by atoms with Gasteiger partial charge in [-0.1, -0.05) is 6.07 Å². The molecule has 0 heterocycles. The molecule has 0 aliphatic rings. The van der Waals surface area contributed by atoms with Gasteiger partial charge in [0.25, 0.3) is 0 Å². The number of nitrogens with two attached hydrogens (primary N) is 1. The molecule has 4 nitrogen and oxygen atoms in total. The summed E-state index contributed by atoms with van der Waals surface area (Å²) in [7, 11) is 0. The third-order valence-electron chi connectivity index (χ3n) is 1.14. The molecule has 0 amide bonds. The largest absolute Gasteiger partial charge is 0.506 e. The lowest BCUT2D eigenvalue weighted by molar-refractivity contribution is -0.136. The molecule has 0 bridgehead atoms. The summed E-state index contributed by atoms with van der Waals surface area (Å²) in [6.07, 6.45) is 0. The zero-order valence-electron chi connectivity index (χ0n) is 5.11. The second-order valence-electron chi connectivity index (χ2n) is 1.78. The first-order valence-corrected chi connectivity index (χ1v) is 2.64. The van der Waals surface area contributed by atoms with E-state index >= 15 is 0 Å². The van der Waals surface area contributed by atoms with Crippen molar-refractivity contribution in [3.63, 3.8) is 0 Å². The number of aromatic hydroxyl groups is 1. The number of benzene rings is 1. The van der Waals surface area contributed by atoms with Gasteiger partial charge in [0, 0.05) is 0 Å². The first-order valence-electron chi connectivity index (χ1n) is 2.64. The number of phenols is 1. The summed E-state index contributed by atoms with van der Waals surface area (Å²) >= 11 is 0. The molecule has 4 heteroatoms. The van der Waals surface area contributed by atoms with Crippen LogP contribution in [0.1, 0.15) is 0 Å². The first-order chi connectivity index (χ1) is 4.75. The van der Waals surface area contributed by atoms with E-state index in [0.717, 1.165) is 0 Å². The van der Waals surface area contributed by atoms with Gasteiger partial charge in [0.2, 0.25) is 0 Å². The van der Waals surface area contributed by atoms with E-state index in [4.69, 9.17) is 16.1 Å². The Morgan fingerprint density at radius 3 is 2.60 bits per heavy atom. The second-order valence-corrected chi connectivity index (χ2v) is 1.78. The Morgan fingerprint density at radius 1 is 1.40 bits per heavy atom. The van der Waals surface area contributed by atoms with Crippen molar-refractivity contribution in [2.75, 3.05) is 5.73 Å². The number of phenolic OH excluding ortho intramolecular Hbond substituents is 1. The topological polar surface area (TPSA) is 75.7 Å². The van der Waals surface area contributed by atoms with Crippen LogP contribution in [0.5, 0.6) is 11.5 Å². The standard InChI is InChI=1S/C6H7NO3/c7-6-4(8)2-1-3-5(6)10-9/h1-3,8-9H,7H2. The van der Waals surface area contributed by atoms with Gasteiger partial charge in [-0.3, -0.25) is 0 Å². The smallest absolute Gasteiger partial charge is 0.191 e. The number of nitrogen functional groups attached to an aromatic ring is 1. The van der Waals surface area contributed by atoms with E-state index < -0.39 is 0 Å². The van der Waals surface area contributed by atoms with Crippen molar-refractivity contribution in [2.45, 2.75) is 0 Å². The van der Waals surface area contributed by atoms with Crippen LogP contribution in [-0.2, 0) is 0 Å². The van der Waals surface area contributed by atoms with Crippen molar-refractivity contribution < 1.29 is 15.3 Å². The summed E-state index contributed by atoms with van der Waals surface area (Å²) in [5, 5.41) is 17.1. The van der Waals surface area contributed by atoms with Gasteiger partial charge in [-0.15, -0.1) is 0 Å². The maximum Gasteiger partial charge on any atom is 0.191 e. The number of hydrogen-bond acceptors (Lipinski definition) is 4. The van der Waals surface area contributed by atoms with Crippen molar-refractivity contribution in [2.24, 2.45) is 0 Å². The van der Waals surface area contributed by atoms with E-state index in [2.05, 4.69) is 4.89 Å². The van der Waals surface area contributed by atoms with Gasteiger partial charge in [-0.05, 0) is 12.1 Å². The van der Waals surface area contributed by atoms with Gasteiger partial charge in [0.15, 0.2) is 5.75 Å². The average molecular weight is 141 g/mol. The fourth-order valence-corrected chi connectivity index (χ4v) is 0.612. The van der Waals surface area contributed by atoms with Crippen molar-refractivity contribution >= 4 is 5.69 Å². The predicted molar refractivity (Wildman–Crippen MR) is 35.8 cm³/mol. The summed E-state index contributed by atoms with van der Waals surface area (Å²) in [4.78, 5) is 3.84. The van der Waals surface area contributed by atoms with Gasteiger partial charge in [0.1, 0.15) is 11.4 Å². The fraction of sp³-hybridized carbons (Fsp3) is 0. The summed E-state index contributed by atoms with van der Waals surface area (Å²) in [5.41, 5.74) is 5.29. The van der Waals surface area contributed by atoms with Crippen LogP contribution < -0.4 is 10.6 Å². The van der Waals surface area contributed by atoms with E-state index in [0.29, 0.717) is 0 Å². The lowest BCUT2D eigenvalue weighted by Crippen LogP contribution is -1.91. The van der Waals surface area contributed by atoms with Crippen LogP contribution in [0.2, 0.25) is 0 Å². The molecule has 1 aromatic carbocycles. The Balaban J connectivity index is 3.14. The van der Waals surface area contributed by atoms with Gasteiger partial charge in [-0.25, -0.2) is 5.26 Å². The van der Waals surface area contributed by atoms with Crippen LogP contribution in [0, 0.1) is 0 Å². The fourth-order valence-electron chi connectivity index (χ4n) is 0.612. The van der Waals surface area contributed by atoms with E-state index in [1.54, 1.807) is 0 Å². The minimum Gasteiger partial charge on any atom is -0.506 e. The van der Waals surface area contributed by atoms with E-state index in [1.165, 1.54) is 18.2 Å². The molecule has 0 aliphatic carbocycles. The number of para-hydroxylation sites is 1. The second kappa shape index (κ2) is 2.45. The highest BCUT2D eigenvalue weighted by atomic mass is 17.1. The van der Waals surface area contributed by atoms with E-state index in [9.17, 15) is 0 Å². The molecule has 4 N–H and O–H groups in total. The SMILES string of the molecule is Nc1c(O)cccc1OO. The number of rotatable bonds is 1. The monoisotopic (exact) mass is 141 g/mol. The molecule has 0 fully saturated rings. The predicted octanol–water partition coefficient (Wildman–Crippen LogP) is 0.826. The molecule has 0 atom stereocenters. The summed E-state index contributed by atoms with van der Waals surface area (Å²) in [6.45, 7) is 0. The van der Waals surface area contributed by atoms with Gasteiger partial charge in [0.05, 0.1) is 0 Å². The highest BCUT2D eigenvalue weighted by molar-refractivity contribution is 5.61. The Bertz CT molecular complexity index is 236. The minimum atomic E-state index is -0.105. The number of anilines is 1. The van der Waals surface area contributed by atoms with Crippen molar-refractivity contribution in [3.8, 4) is 11.5 Å². The van der Waals surface area contributed by atoms with Crippen LogP contribution in [0.3, 0.4) is 0 Å². The third kappa shape index (κ3) is 0.964. The summed E-state index contributed by atoms with van der Waals surface area (Å²) < 4.78 is 0. The Kier molecular flexibility index (Phi) is 1.64. The highest BCUT2D eigenvalue weighted by Crippen LogP contribution is 2.29. The molecule has 1 aromatic rings. The van der Waals surface area contributed by atoms with Crippen LogP contribution in [0.4, 0.5) is 5.69 Å². The van der Waals surface area contributed by atoms with Crippen LogP contribution in [0.15, 0.2) is 18.2 Å². The molecule has 0 saturated heterocycles. The minimum absolute atomic E-state index is 0.0324. The molecule has 0 aromatic heterocycles. The third-order valence-corrected chi connectivity index (χ3v) is 1.14. The lowest BCUT2D eigenvalue weighted by atomic mass is 10.3. The Morgan fingerprint density at radius 2 is 2.10 bits per heavy atom. The molecule has 10 heavy (non-hydrogen) atoms. The quantitative estimate of drug-likeness (QED) is 0.234. The van der Waals surface area contributed by atoms with Crippen LogP contribution >= 0.6 is 0 Å². The van der Waals surface area contributed by atoms with Crippen LogP contribution in [0.25, 0.3) is 0 Å². The van der Waals surface area contributed by atoms with Gasteiger partial charge >= 0.3 is 0 Å². The molecule has 54 valence electrons. The van der Waals surface area contributed by atoms with Crippen molar-refractivity contribution in [1.29, 1.82) is 0 Å². The molecule has 0 aliphatic heterocycles. The Hall–Kier alpha value is -1.42. The number of hydrogen-bond donors (Lipinski definition) is 3. The van der Waals surface area contributed by atoms with Gasteiger partial charge in [-0.2, -0.15) is 0 Å². The maximum atomic E-state index is 8.92. The zero-order valence-corrected chi connectivity index (χ0v) is 5.11. The molecule has 1 rings (SSSR count). The maximum absolute atomic E-state index is 8.92. The lowest BCUT2D eigenvalue weighted by Gasteiger charge is -2.01. The van der Waals surface area contributed by atoms with Crippen LogP contribution in [-0.4, -0.2) is 10.4 Å². The molecule has 0 saturated carbocycles. The summed E-state index contributed by atoms with van der Waals surface area (Å²) in [6, 6.07) is 4.35. The van der Waals surface area contributed by atoms with E-state index in [1.807, 2.05) is 0 Å². The van der Waals surface area contributed by atoms with Crippen molar-refractivity contribution in [3.05, 3.63) is 18.2 Å². The van der Waals surface area contributed by atoms with E-state index in [-0.39, 0.29) is 17.2 Å². The van der Waals surface area contributed by atoms with Gasteiger partial charge < -0.3 is 15.7 Å². The average Bonchev–Trinajstić information content (AvgIpc) is 1.95. The highest BCUT2D eigenvalue weighted by Gasteiger charge is 2.02. The molecule has 0 unspecified atom stereocenters. The normalized spacial score (nSPS) is 9.30. The summed E-state index contributed by atoms with van der Waals surface area (Å²) in [5.74, 6) is -0.0495. The first kappa shape index (κ1) is 6.70. The zero-order chi connectivity index (χ0) is 7.56. The molecular formula is C6H7NO3. The molecule has 0 spiro atoms. The molecular weight excluding hydrogens is 134 g/mol.